The van der Waals surface area contributed by atoms with Gasteiger partial charge < -0.3 is 10.2 Å². The molecule has 3 aromatic rings. The van der Waals surface area contributed by atoms with Gasteiger partial charge in [0.25, 0.3) is 0 Å². The predicted molar refractivity (Wildman–Crippen MR) is 133 cm³/mol. The molecular formula is C21H29ClIN7. The highest BCUT2D eigenvalue weighted by Gasteiger charge is 2.15. The molecule has 162 valence electrons. The fraction of sp³-hybridized carbons (Fsp3) is 0.381. The summed E-state index contributed by atoms with van der Waals surface area (Å²) in [6, 6.07) is 7.60. The first-order valence-corrected chi connectivity index (χ1v) is 9.99. The first-order chi connectivity index (χ1) is 13.9. The van der Waals surface area contributed by atoms with Crippen LogP contribution >= 0.6 is 35.6 Å². The molecule has 0 aliphatic rings. The van der Waals surface area contributed by atoms with Crippen molar-refractivity contribution in [2.24, 2.45) is 12.0 Å². The number of nitrogens with zero attached hydrogens (tertiary/aromatic N) is 6. The van der Waals surface area contributed by atoms with E-state index in [4.69, 9.17) is 11.6 Å². The number of rotatable bonds is 6. The maximum Gasteiger partial charge on any atom is 0.193 e. The fourth-order valence-electron chi connectivity index (χ4n) is 3.25. The van der Waals surface area contributed by atoms with Gasteiger partial charge in [0, 0.05) is 62.8 Å². The molecule has 0 amide bonds. The Balaban J connectivity index is 0.00000320. The summed E-state index contributed by atoms with van der Waals surface area (Å²) in [6.45, 7) is 5.70. The minimum absolute atomic E-state index is 0. The lowest BCUT2D eigenvalue weighted by Gasteiger charge is -2.22. The van der Waals surface area contributed by atoms with E-state index in [9.17, 15) is 0 Å². The number of nitrogens with one attached hydrogen (secondary N) is 1. The molecule has 0 spiro atoms. The molecule has 0 fully saturated rings. The van der Waals surface area contributed by atoms with Crippen LogP contribution in [0.4, 0.5) is 0 Å². The molecule has 0 radical (unpaired) electrons. The maximum atomic E-state index is 5.96. The molecule has 0 atom stereocenters. The molecule has 0 saturated heterocycles. The monoisotopic (exact) mass is 541 g/mol. The van der Waals surface area contributed by atoms with Crippen LogP contribution in [0.25, 0.3) is 5.69 Å². The van der Waals surface area contributed by atoms with Gasteiger partial charge in [0.15, 0.2) is 5.96 Å². The standard InChI is InChI=1S/C21H28ClN7.HI/c1-15(2)20-17(14-28(5)26-20)13-27(4)21(23-3)24-10-16-11-25-29(12-16)19-8-6-18(22)7-9-19;/h6-9,11-12,14-15H,10,13H2,1-5H3,(H,23,24);1H. The van der Waals surface area contributed by atoms with Crippen LogP contribution in [-0.4, -0.2) is 44.5 Å². The van der Waals surface area contributed by atoms with Crippen LogP contribution in [0.3, 0.4) is 0 Å². The van der Waals surface area contributed by atoms with Crippen LogP contribution in [0.2, 0.25) is 5.02 Å². The lowest BCUT2D eigenvalue weighted by atomic mass is 10.1. The average molecular weight is 542 g/mol. The van der Waals surface area contributed by atoms with Crippen molar-refractivity contribution in [2.45, 2.75) is 32.9 Å². The molecule has 30 heavy (non-hydrogen) atoms. The Bertz CT molecular complexity index is 976. The summed E-state index contributed by atoms with van der Waals surface area (Å²) in [4.78, 5) is 6.52. The molecular weight excluding hydrogens is 513 g/mol. The van der Waals surface area contributed by atoms with E-state index in [2.05, 4.69) is 45.5 Å². The van der Waals surface area contributed by atoms with Crippen molar-refractivity contribution in [1.82, 2.24) is 29.8 Å². The van der Waals surface area contributed by atoms with Gasteiger partial charge in [-0.15, -0.1) is 24.0 Å². The lowest BCUT2D eigenvalue weighted by Crippen LogP contribution is -2.38. The van der Waals surface area contributed by atoms with Crippen LogP contribution in [0.5, 0.6) is 0 Å². The zero-order valence-corrected chi connectivity index (χ0v) is 21.1. The molecule has 0 aliphatic carbocycles. The van der Waals surface area contributed by atoms with Gasteiger partial charge in [0.1, 0.15) is 0 Å². The second kappa shape index (κ2) is 10.8. The largest absolute Gasteiger partial charge is 0.352 e. The minimum Gasteiger partial charge on any atom is -0.352 e. The van der Waals surface area contributed by atoms with Gasteiger partial charge in [-0.1, -0.05) is 25.4 Å². The number of guanidine groups is 1. The van der Waals surface area contributed by atoms with Gasteiger partial charge in [-0.05, 0) is 30.2 Å². The van der Waals surface area contributed by atoms with Gasteiger partial charge in [0.2, 0.25) is 0 Å². The Morgan fingerprint density at radius 3 is 2.57 bits per heavy atom. The first-order valence-electron chi connectivity index (χ1n) is 9.61. The molecule has 0 unspecified atom stereocenters. The van der Waals surface area contributed by atoms with E-state index in [1.807, 2.05) is 60.1 Å². The van der Waals surface area contributed by atoms with Crippen molar-refractivity contribution in [2.75, 3.05) is 14.1 Å². The molecule has 7 nitrogen and oxygen atoms in total. The van der Waals surface area contributed by atoms with Crippen molar-refractivity contribution >= 4 is 41.5 Å². The SMILES string of the molecule is CN=C(NCc1cnn(-c2ccc(Cl)cc2)c1)N(C)Cc1cn(C)nc1C(C)C.I. The fourth-order valence-corrected chi connectivity index (χ4v) is 3.37. The molecule has 2 heterocycles. The highest BCUT2D eigenvalue weighted by atomic mass is 127. The van der Waals surface area contributed by atoms with Crippen molar-refractivity contribution < 1.29 is 0 Å². The molecule has 9 heteroatoms. The number of halogens is 2. The Morgan fingerprint density at radius 2 is 1.93 bits per heavy atom. The van der Waals surface area contributed by atoms with Gasteiger partial charge in [0.05, 0.1) is 17.6 Å². The van der Waals surface area contributed by atoms with Crippen molar-refractivity contribution in [3.8, 4) is 5.69 Å². The topological polar surface area (TPSA) is 63.3 Å². The van der Waals surface area contributed by atoms with Crippen molar-refractivity contribution in [3.63, 3.8) is 0 Å². The molecule has 0 aliphatic heterocycles. The van der Waals surface area contributed by atoms with Crippen LogP contribution < -0.4 is 5.32 Å². The number of hydrogen-bond donors (Lipinski definition) is 1. The zero-order valence-electron chi connectivity index (χ0n) is 18.0. The van der Waals surface area contributed by atoms with Crippen LogP contribution in [0.15, 0.2) is 47.8 Å². The lowest BCUT2D eigenvalue weighted by molar-refractivity contribution is 0.473. The summed E-state index contributed by atoms with van der Waals surface area (Å²) >= 11 is 5.96. The summed E-state index contributed by atoms with van der Waals surface area (Å²) in [5.41, 5.74) is 4.38. The third-order valence-electron chi connectivity index (χ3n) is 4.64. The van der Waals surface area contributed by atoms with E-state index in [1.54, 1.807) is 7.05 Å². The highest BCUT2D eigenvalue weighted by molar-refractivity contribution is 14.0. The molecule has 2 aromatic heterocycles. The Labute approximate surface area is 200 Å². The van der Waals surface area contributed by atoms with E-state index in [1.165, 1.54) is 5.56 Å². The van der Waals surface area contributed by atoms with Gasteiger partial charge in [-0.25, -0.2) is 4.68 Å². The molecule has 3 rings (SSSR count). The van der Waals surface area contributed by atoms with Crippen LogP contribution in [-0.2, 0) is 20.1 Å². The van der Waals surface area contributed by atoms with E-state index in [0.29, 0.717) is 17.5 Å². The second-order valence-corrected chi connectivity index (χ2v) is 7.83. The van der Waals surface area contributed by atoms with Gasteiger partial charge >= 0.3 is 0 Å². The average Bonchev–Trinajstić information content (AvgIpc) is 3.29. The number of hydrogen-bond acceptors (Lipinski definition) is 3. The van der Waals surface area contributed by atoms with Crippen molar-refractivity contribution in [3.05, 3.63) is 64.7 Å². The molecule has 0 saturated carbocycles. The summed E-state index contributed by atoms with van der Waals surface area (Å²) in [6.07, 6.45) is 5.93. The number of aliphatic imine (C=N–C) groups is 1. The zero-order chi connectivity index (χ0) is 21.0. The van der Waals surface area contributed by atoms with E-state index >= 15 is 0 Å². The molecule has 0 bridgehead atoms. The van der Waals surface area contributed by atoms with E-state index in [0.717, 1.165) is 29.4 Å². The normalized spacial score (nSPS) is 11.5. The van der Waals surface area contributed by atoms with E-state index in [-0.39, 0.29) is 24.0 Å². The second-order valence-electron chi connectivity index (χ2n) is 7.39. The van der Waals surface area contributed by atoms with Crippen LogP contribution in [0, 0.1) is 0 Å². The number of benzene rings is 1. The highest BCUT2D eigenvalue weighted by Crippen LogP contribution is 2.18. The summed E-state index contributed by atoms with van der Waals surface area (Å²) < 4.78 is 3.71. The molecule has 1 N–H and O–H groups in total. The summed E-state index contributed by atoms with van der Waals surface area (Å²) in [5.74, 6) is 1.20. The Morgan fingerprint density at radius 1 is 1.23 bits per heavy atom. The smallest absolute Gasteiger partial charge is 0.193 e. The number of aromatic nitrogens is 4. The predicted octanol–water partition coefficient (Wildman–Crippen LogP) is 4.21. The summed E-state index contributed by atoms with van der Waals surface area (Å²) in [5, 5.41) is 13.1. The Hall–Kier alpha value is -2.07. The Kier molecular flexibility index (Phi) is 8.72. The van der Waals surface area contributed by atoms with Crippen molar-refractivity contribution in [1.29, 1.82) is 0 Å². The van der Waals surface area contributed by atoms with E-state index < -0.39 is 0 Å². The third-order valence-corrected chi connectivity index (χ3v) is 4.89. The summed E-state index contributed by atoms with van der Waals surface area (Å²) in [7, 11) is 5.78. The third kappa shape index (κ3) is 5.98. The quantitative estimate of drug-likeness (QED) is 0.289. The first kappa shape index (κ1) is 24.2. The maximum absolute atomic E-state index is 5.96. The molecule has 1 aromatic carbocycles. The van der Waals surface area contributed by atoms with Gasteiger partial charge in [-0.2, -0.15) is 10.2 Å². The van der Waals surface area contributed by atoms with Gasteiger partial charge in [-0.3, -0.25) is 9.67 Å². The number of aryl methyl sites for hydroxylation is 1. The van der Waals surface area contributed by atoms with Crippen LogP contribution in [0.1, 0.15) is 36.6 Å². The minimum atomic E-state index is 0.